The van der Waals surface area contributed by atoms with Gasteiger partial charge >= 0.3 is 0 Å². The van der Waals surface area contributed by atoms with Crippen molar-refractivity contribution in [3.05, 3.63) is 66.7 Å². The van der Waals surface area contributed by atoms with Crippen LogP contribution >= 0.6 is 0 Å². The predicted molar refractivity (Wildman–Crippen MR) is 147 cm³/mol. The van der Waals surface area contributed by atoms with Crippen LogP contribution in [0.1, 0.15) is 65.7 Å². The summed E-state index contributed by atoms with van der Waals surface area (Å²) in [4.78, 5) is 28.4. The van der Waals surface area contributed by atoms with Gasteiger partial charge in [-0.15, -0.1) is 0 Å². The Kier molecular flexibility index (Phi) is 10.7. The highest BCUT2D eigenvalue weighted by Gasteiger charge is 2.25. The van der Waals surface area contributed by atoms with Gasteiger partial charge in [-0.05, 0) is 31.4 Å². The second-order valence-electron chi connectivity index (χ2n) is 9.29. The van der Waals surface area contributed by atoms with E-state index in [2.05, 4.69) is 26.1 Å². The molecule has 192 valence electrons. The first-order valence-electron chi connectivity index (χ1n) is 13.4. The molecule has 2 amide bonds. The van der Waals surface area contributed by atoms with Crippen molar-refractivity contribution in [2.45, 2.75) is 65.7 Å². The summed E-state index contributed by atoms with van der Waals surface area (Å²) < 4.78 is 1.75. The molecule has 0 fully saturated rings. The van der Waals surface area contributed by atoms with Crippen LogP contribution in [0, 0.1) is 5.92 Å². The Hall–Kier alpha value is -3.41. The van der Waals surface area contributed by atoms with Gasteiger partial charge in [-0.3, -0.25) is 9.59 Å². The zero-order chi connectivity index (χ0) is 25.8. The van der Waals surface area contributed by atoms with Crippen molar-refractivity contribution in [1.82, 2.24) is 14.7 Å². The smallest absolute Gasteiger partial charge is 0.245 e. The third kappa shape index (κ3) is 7.54. The summed E-state index contributed by atoms with van der Waals surface area (Å²) in [6, 6.07) is 21.5. The zero-order valence-corrected chi connectivity index (χ0v) is 22.0. The van der Waals surface area contributed by atoms with Gasteiger partial charge in [-0.25, -0.2) is 4.68 Å². The maximum atomic E-state index is 13.4. The predicted octanol–water partition coefficient (Wildman–Crippen LogP) is 6.71. The summed E-state index contributed by atoms with van der Waals surface area (Å²) in [6.45, 7) is 7.00. The Morgan fingerprint density at radius 2 is 1.58 bits per heavy atom. The Morgan fingerprint density at radius 1 is 0.917 bits per heavy atom. The standard InChI is InChI=1S/C30H40N4O2/c1-4-7-15-21-33(30(36)24(6-3)16-8-5-2)23-29(35)31-28-22-27(25-17-11-9-12-18-25)32-34(28)26-19-13-10-14-20-26/h9-14,17-20,22,24H,4-8,15-16,21,23H2,1-3H3,(H,31,35)/t24-/m1/s1. The number of unbranched alkanes of at least 4 members (excludes halogenated alkanes) is 3. The molecule has 6 nitrogen and oxygen atoms in total. The average molecular weight is 489 g/mol. The third-order valence-corrected chi connectivity index (χ3v) is 6.47. The second kappa shape index (κ2) is 14.2. The molecule has 3 rings (SSSR count). The van der Waals surface area contributed by atoms with Crippen LogP contribution in [0.4, 0.5) is 5.82 Å². The normalized spacial score (nSPS) is 11.8. The molecule has 0 aliphatic heterocycles. The van der Waals surface area contributed by atoms with Gasteiger partial charge < -0.3 is 10.2 Å². The fourth-order valence-corrected chi connectivity index (χ4v) is 4.37. The molecule has 1 aromatic heterocycles. The lowest BCUT2D eigenvalue weighted by Crippen LogP contribution is -2.42. The van der Waals surface area contributed by atoms with Crippen molar-refractivity contribution in [1.29, 1.82) is 0 Å². The number of para-hydroxylation sites is 1. The first-order valence-corrected chi connectivity index (χ1v) is 13.4. The zero-order valence-electron chi connectivity index (χ0n) is 22.0. The van der Waals surface area contributed by atoms with Crippen molar-refractivity contribution >= 4 is 17.6 Å². The minimum absolute atomic E-state index is 0.0288. The molecule has 1 N–H and O–H groups in total. The van der Waals surface area contributed by atoms with Crippen LogP contribution in [0.2, 0.25) is 0 Å². The van der Waals surface area contributed by atoms with E-state index in [1.165, 1.54) is 0 Å². The molecule has 0 saturated carbocycles. The molecule has 0 unspecified atom stereocenters. The van der Waals surface area contributed by atoms with E-state index in [4.69, 9.17) is 5.10 Å². The molecular weight excluding hydrogens is 448 g/mol. The van der Waals surface area contributed by atoms with Crippen LogP contribution < -0.4 is 5.32 Å². The van der Waals surface area contributed by atoms with Gasteiger partial charge in [-0.2, -0.15) is 5.10 Å². The molecule has 0 spiro atoms. The number of amides is 2. The third-order valence-electron chi connectivity index (χ3n) is 6.47. The van der Waals surface area contributed by atoms with E-state index in [-0.39, 0.29) is 24.3 Å². The first-order chi connectivity index (χ1) is 17.6. The highest BCUT2D eigenvalue weighted by molar-refractivity contribution is 5.95. The number of nitrogens with one attached hydrogen (secondary N) is 1. The summed E-state index contributed by atoms with van der Waals surface area (Å²) in [7, 11) is 0. The summed E-state index contributed by atoms with van der Waals surface area (Å²) in [6.07, 6.45) is 6.77. The first kappa shape index (κ1) is 27.2. The fourth-order valence-electron chi connectivity index (χ4n) is 4.37. The van der Waals surface area contributed by atoms with Crippen LogP contribution in [0.25, 0.3) is 16.9 Å². The van der Waals surface area contributed by atoms with E-state index < -0.39 is 0 Å². The van der Waals surface area contributed by atoms with E-state index in [0.717, 1.165) is 61.9 Å². The maximum absolute atomic E-state index is 13.4. The minimum Gasteiger partial charge on any atom is -0.333 e. The molecule has 0 bridgehead atoms. The van der Waals surface area contributed by atoms with Gasteiger partial charge in [0.05, 0.1) is 17.9 Å². The van der Waals surface area contributed by atoms with Gasteiger partial charge in [0.2, 0.25) is 11.8 Å². The number of anilines is 1. The van der Waals surface area contributed by atoms with Crippen LogP contribution in [-0.2, 0) is 9.59 Å². The number of carbonyl (C=O) groups excluding carboxylic acids is 2. The van der Waals surface area contributed by atoms with Gasteiger partial charge in [0.1, 0.15) is 5.82 Å². The monoisotopic (exact) mass is 488 g/mol. The van der Waals surface area contributed by atoms with Crippen LogP contribution in [-0.4, -0.2) is 39.6 Å². The molecule has 2 aromatic carbocycles. The minimum atomic E-state index is -0.207. The second-order valence-corrected chi connectivity index (χ2v) is 9.29. The molecule has 1 atom stereocenters. The summed E-state index contributed by atoms with van der Waals surface area (Å²) in [5.41, 5.74) is 2.61. The summed E-state index contributed by atoms with van der Waals surface area (Å²) in [5.74, 6) is 0.448. The molecule has 0 aliphatic carbocycles. The topological polar surface area (TPSA) is 67.2 Å². The van der Waals surface area contributed by atoms with Gasteiger partial charge in [0.15, 0.2) is 0 Å². The van der Waals surface area contributed by atoms with Crippen molar-refractivity contribution in [3.8, 4) is 16.9 Å². The molecule has 0 aliphatic rings. The van der Waals surface area contributed by atoms with Gasteiger partial charge in [0.25, 0.3) is 0 Å². The van der Waals surface area contributed by atoms with Crippen LogP contribution in [0.3, 0.4) is 0 Å². The molecular formula is C30H40N4O2. The van der Waals surface area contributed by atoms with E-state index in [1.807, 2.05) is 66.7 Å². The lowest BCUT2D eigenvalue weighted by molar-refractivity contribution is -0.138. The Balaban J connectivity index is 1.82. The van der Waals surface area contributed by atoms with Crippen molar-refractivity contribution in [2.75, 3.05) is 18.4 Å². The molecule has 0 radical (unpaired) electrons. The summed E-state index contributed by atoms with van der Waals surface area (Å²) >= 11 is 0. The Bertz CT molecular complexity index is 1080. The number of carbonyl (C=O) groups is 2. The highest BCUT2D eigenvalue weighted by atomic mass is 16.2. The van der Waals surface area contributed by atoms with Gasteiger partial charge in [0, 0.05) is 24.1 Å². The van der Waals surface area contributed by atoms with Crippen molar-refractivity contribution < 1.29 is 9.59 Å². The van der Waals surface area contributed by atoms with Gasteiger partial charge in [-0.1, -0.05) is 95.0 Å². The molecule has 1 heterocycles. The van der Waals surface area contributed by atoms with E-state index in [1.54, 1.807) is 9.58 Å². The van der Waals surface area contributed by atoms with Crippen LogP contribution in [0.15, 0.2) is 66.7 Å². The number of nitrogens with zero attached hydrogens (tertiary/aromatic N) is 3. The Labute approximate surface area is 215 Å². The largest absolute Gasteiger partial charge is 0.333 e. The molecule has 36 heavy (non-hydrogen) atoms. The van der Waals surface area contributed by atoms with E-state index >= 15 is 0 Å². The Morgan fingerprint density at radius 3 is 2.22 bits per heavy atom. The van der Waals surface area contributed by atoms with E-state index in [9.17, 15) is 9.59 Å². The number of rotatable bonds is 14. The van der Waals surface area contributed by atoms with E-state index in [0.29, 0.717) is 12.4 Å². The number of hydrogen-bond donors (Lipinski definition) is 1. The van der Waals surface area contributed by atoms with Crippen molar-refractivity contribution in [3.63, 3.8) is 0 Å². The quantitative estimate of drug-likeness (QED) is 0.256. The lowest BCUT2D eigenvalue weighted by atomic mass is 9.97. The lowest BCUT2D eigenvalue weighted by Gasteiger charge is -2.26. The average Bonchev–Trinajstić information content (AvgIpc) is 3.33. The number of hydrogen-bond acceptors (Lipinski definition) is 3. The number of benzene rings is 2. The van der Waals surface area contributed by atoms with Crippen LogP contribution in [0.5, 0.6) is 0 Å². The SMILES string of the molecule is CCCCCN(CC(=O)Nc1cc(-c2ccccc2)nn1-c1ccccc1)C(=O)[C@H](CC)CCCC. The molecule has 3 aromatic rings. The number of aromatic nitrogens is 2. The molecule has 6 heteroatoms. The maximum Gasteiger partial charge on any atom is 0.245 e. The van der Waals surface area contributed by atoms with Crippen molar-refractivity contribution in [2.24, 2.45) is 5.92 Å². The highest BCUT2D eigenvalue weighted by Crippen LogP contribution is 2.25. The molecule has 0 saturated heterocycles. The summed E-state index contributed by atoms with van der Waals surface area (Å²) in [5, 5.41) is 7.82. The fraction of sp³-hybridized carbons (Fsp3) is 0.433.